The third-order valence-corrected chi connectivity index (χ3v) is 5.97. The maximum absolute atomic E-state index is 13.2. The van der Waals surface area contributed by atoms with Gasteiger partial charge in [-0.15, -0.1) is 0 Å². The van der Waals surface area contributed by atoms with Gasteiger partial charge in [-0.05, 0) is 31.0 Å². The van der Waals surface area contributed by atoms with Crippen LogP contribution in [0.25, 0.3) is 0 Å². The highest BCUT2D eigenvalue weighted by atomic mass is 35.5. The second-order valence-corrected chi connectivity index (χ2v) is 7.15. The molecule has 2 heterocycles. The van der Waals surface area contributed by atoms with Crippen LogP contribution in [0.5, 0.6) is 0 Å². The van der Waals surface area contributed by atoms with E-state index in [9.17, 15) is 17.6 Å². The minimum Gasteiger partial charge on any atom is -0.353 e. The van der Waals surface area contributed by atoms with Crippen molar-refractivity contribution in [2.45, 2.75) is 29.8 Å². The summed E-state index contributed by atoms with van der Waals surface area (Å²) in [6.45, 7) is 0.309. The van der Waals surface area contributed by atoms with Crippen LogP contribution in [0.2, 0.25) is 5.02 Å². The van der Waals surface area contributed by atoms with Gasteiger partial charge in [0, 0.05) is 12.6 Å². The number of halogens is 2. The first-order valence-electron chi connectivity index (χ1n) is 6.17. The summed E-state index contributed by atoms with van der Waals surface area (Å²) in [5.41, 5.74) is 0. The zero-order chi connectivity index (χ0) is 14.5. The van der Waals surface area contributed by atoms with Crippen LogP contribution in [0.4, 0.5) is 4.39 Å². The Kier molecular flexibility index (Phi) is 3.23. The molecule has 2 aliphatic rings. The monoisotopic (exact) mass is 318 g/mol. The highest BCUT2D eigenvalue weighted by molar-refractivity contribution is 7.89. The fraction of sp³-hybridized carbons (Fsp3) is 0.417. The number of piperazine rings is 1. The molecule has 5 nitrogen and oxygen atoms in total. The van der Waals surface area contributed by atoms with Crippen LogP contribution in [0.1, 0.15) is 12.8 Å². The predicted molar refractivity (Wildman–Crippen MR) is 70.3 cm³/mol. The van der Waals surface area contributed by atoms with Crippen LogP contribution in [0, 0.1) is 5.82 Å². The molecule has 1 amide bonds. The van der Waals surface area contributed by atoms with E-state index in [1.165, 1.54) is 10.4 Å². The summed E-state index contributed by atoms with van der Waals surface area (Å²) in [7, 11) is -3.85. The van der Waals surface area contributed by atoms with Gasteiger partial charge in [0.25, 0.3) is 0 Å². The van der Waals surface area contributed by atoms with Crippen molar-refractivity contribution in [3.8, 4) is 0 Å². The molecule has 20 heavy (non-hydrogen) atoms. The minimum absolute atomic E-state index is 0.0875. The summed E-state index contributed by atoms with van der Waals surface area (Å²) in [6, 6.07) is 2.34. The number of fused-ring (bicyclic) bond motifs is 2. The maximum Gasteiger partial charge on any atom is 0.244 e. The molecule has 2 aliphatic heterocycles. The Balaban J connectivity index is 2.04. The predicted octanol–water partition coefficient (Wildman–Crippen LogP) is 1.13. The Bertz CT molecular complexity index is 679. The fourth-order valence-electron chi connectivity index (χ4n) is 2.76. The largest absolute Gasteiger partial charge is 0.353 e. The molecule has 2 fully saturated rings. The van der Waals surface area contributed by atoms with Crippen molar-refractivity contribution in [2.24, 2.45) is 0 Å². The van der Waals surface area contributed by atoms with Gasteiger partial charge in [0.1, 0.15) is 11.9 Å². The van der Waals surface area contributed by atoms with Crippen LogP contribution < -0.4 is 5.32 Å². The number of nitrogens with one attached hydrogen (secondary N) is 1. The number of hydrogen-bond acceptors (Lipinski definition) is 3. The molecule has 0 aromatic heterocycles. The summed E-state index contributed by atoms with van der Waals surface area (Å²) in [4.78, 5) is 11.7. The number of benzene rings is 1. The Labute approximate surface area is 120 Å². The molecule has 0 radical (unpaired) electrons. The molecule has 0 aliphatic carbocycles. The second-order valence-electron chi connectivity index (χ2n) is 4.90. The third-order valence-electron chi connectivity index (χ3n) is 3.72. The highest BCUT2D eigenvalue weighted by Gasteiger charge is 2.48. The molecule has 2 bridgehead atoms. The van der Waals surface area contributed by atoms with Crippen molar-refractivity contribution in [3.63, 3.8) is 0 Å². The summed E-state index contributed by atoms with van der Waals surface area (Å²) < 4.78 is 39.6. The summed E-state index contributed by atoms with van der Waals surface area (Å²) >= 11 is 5.64. The van der Waals surface area contributed by atoms with Crippen LogP contribution in [0.3, 0.4) is 0 Å². The van der Waals surface area contributed by atoms with Crippen molar-refractivity contribution >= 4 is 27.5 Å². The van der Waals surface area contributed by atoms with E-state index in [2.05, 4.69) is 5.32 Å². The third kappa shape index (κ3) is 2.01. The Morgan fingerprint density at radius 1 is 1.35 bits per heavy atom. The van der Waals surface area contributed by atoms with Crippen molar-refractivity contribution in [2.75, 3.05) is 6.54 Å². The number of nitrogens with zero attached hydrogens (tertiary/aromatic N) is 1. The molecule has 2 atom stereocenters. The van der Waals surface area contributed by atoms with E-state index in [0.29, 0.717) is 19.4 Å². The molecule has 8 heteroatoms. The van der Waals surface area contributed by atoms with E-state index in [4.69, 9.17) is 11.6 Å². The highest BCUT2D eigenvalue weighted by Crippen LogP contribution is 2.34. The lowest BCUT2D eigenvalue weighted by molar-refractivity contribution is -0.126. The zero-order valence-corrected chi connectivity index (χ0v) is 11.9. The summed E-state index contributed by atoms with van der Waals surface area (Å²) in [6.07, 6.45) is 1.14. The number of carbonyl (C=O) groups is 1. The minimum atomic E-state index is -3.85. The number of sulfonamides is 1. The molecule has 0 spiro atoms. The number of rotatable bonds is 2. The van der Waals surface area contributed by atoms with Gasteiger partial charge in [0.15, 0.2) is 0 Å². The van der Waals surface area contributed by atoms with Gasteiger partial charge in [-0.3, -0.25) is 4.79 Å². The lowest BCUT2D eigenvalue weighted by Gasteiger charge is -2.33. The lowest BCUT2D eigenvalue weighted by Crippen LogP contribution is -2.57. The maximum atomic E-state index is 13.2. The lowest BCUT2D eigenvalue weighted by atomic mass is 10.2. The average Bonchev–Trinajstić information content (AvgIpc) is 2.75. The van der Waals surface area contributed by atoms with Gasteiger partial charge in [0.2, 0.25) is 15.9 Å². The van der Waals surface area contributed by atoms with Crippen LogP contribution in [-0.4, -0.2) is 37.3 Å². The second kappa shape index (κ2) is 4.68. The Hall–Kier alpha value is -1.18. The van der Waals surface area contributed by atoms with Crippen LogP contribution in [-0.2, 0) is 14.8 Å². The van der Waals surface area contributed by atoms with Gasteiger partial charge < -0.3 is 5.32 Å². The fourth-order valence-corrected chi connectivity index (χ4v) is 4.86. The topological polar surface area (TPSA) is 66.5 Å². The van der Waals surface area contributed by atoms with Gasteiger partial charge in [-0.1, -0.05) is 11.6 Å². The van der Waals surface area contributed by atoms with E-state index in [1.807, 2.05) is 0 Å². The SMILES string of the molecule is O=C1NCC2CCC1N2S(=O)(=O)c1ccc(F)c(Cl)c1. The van der Waals surface area contributed by atoms with Crippen molar-refractivity contribution < 1.29 is 17.6 Å². The first kappa shape index (κ1) is 13.8. The molecular weight excluding hydrogens is 307 g/mol. The van der Waals surface area contributed by atoms with Crippen molar-refractivity contribution in [1.82, 2.24) is 9.62 Å². The normalized spacial score (nSPS) is 26.6. The first-order chi connectivity index (χ1) is 9.41. The molecule has 108 valence electrons. The van der Waals surface area contributed by atoms with E-state index in [-0.39, 0.29) is 21.9 Å². The number of amides is 1. The van der Waals surface area contributed by atoms with E-state index in [0.717, 1.165) is 12.1 Å². The Morgan fingerprint density at radius 3 is 2.80 bits per heavy atom. The van der Waals surface area contributed by atoms with Gasteiger partial charge >= 0.3 is 0 Å². The van der Waals surface area contributed by atoms with Gasteiger partial charge in [0.05, 0.1) is 9.92 Å². The molecule has 3 rings (SSSR count). The molecule has 1 aromatic rings. The molecule has 1 N–H and O–H groups in total. The molecule has 2 saturated heterocycles. The standard InChI is InChI=1S/C12H12ClFN2O3S/c13-9-5-8(2-3-10(9)14)20(18,19)16-7-1-4-11(16)12(17)15-6-7/h2-3,5,7,11H,1,4,6H2,(H,15,17). The van der Waals surface area contributed by atoms with Gasteiger partial charge in [-0.2, -0.15) is 4.31 Å². The summed E-state index contributed by atoms with van der Waals surface area (Å²) in [5, 5.41) is 2.44. The molecule has 2 unspecified atom stereocenters. The van der Waals surface area contributed by atoms with Crippen LogP contribution >= 0.6 is 11.6 Å². The Morgan fingerprint density at radius 2 is 2.10 bits per heavy atom. The van der Waals surface area contributed by atoms with E-state index < -0.39 is 21.9 Å². The van der Waals surface area contributed by atoms with Crippen molar-refractivity contribution in [3.05, 3.63) is 29.0 Å². The summed E-state index contributed by atoms with van der Waals surface area (Å²) in [5.74, 6) is -0.958. The van der Waals surface area contributed by atoms with Gasteiger partial charge in [-0.25, -0.2) is 12.8 Å². The zero-order valence-electron chi connectivity index (χ0n) is 10.3. The molecule has 1 aromatic carbocycles. The number of carbonyl (C=O) groups excluding carboxylic acids is 1. The quantitative estimate of drug-likeness (QED) is 0.889. The average molecular weight is 319 g/mol. The number of hydrogen-bond donors (Lipinski definition) is 1. The smallest absolute Gasteiger partial charge is 0.244 e. The van der Waals surface area contributed by atoms with Crippen LogP contribution in [0.15, 0.2) is 23.1 Å². The van der Waals surface area contributed by atoms with E-state index >= 15 is 0 Å². The molecule has 0 saturated carbocycles. The van der Waals surface area contributed by atoms with Crippen molar-refractivity contribution in [1.29, 1.82) is 0 Å². The molecular formula is C12H12ClFN2O3S. The first-order valence-corrected chi connectivity index (χ1v) is 7.99. The van der Waals surface area contributed by atoms with E-state index in [1.54, 1.807) is 0 Å².